The molecule has 4 rings (SSSR count). The zero-order valence-electron chi connectivity index (χ0n) is 15.6. The van der Waals surface area contributed by atoms with Crippen LogP contribution in [0.4, 0.5) is 0 Å². The molecule has 27 heavy (non-hydrogen) atoms. The highest BCUT2D eigenvalue weighted by atomic mass is 35.5. The lowest BCUT2D eigenvalue weighted by Crippen LogP contribution is -2.51. The smallest absolute Gasteiger partial charge is 0.249 e. The van der Waals surface area contributed by atoms with Crippen molar-refractivity contribution in [3.8, 4) is 0 Å². The van der Waals surface area contributed by atoms with Gasteiger partial charge >= 0.3 is 0 Å². The summed E-state index contributed by atoms with van der Waals surface area (Å²) in [5.41, 5.74) is 7.02. The summed E-state index contributed by atoms with van der Waals surface area (Å²) in [5.74, 6) is 0.0665. The number of nitrogens with one attached hydrogen (secondary N) is 1. The van der Waals surface area contributed by atoms with Crippen molar-refractivity contribution >= 4 is 30.7 Å². The SMILES string of the molecule is Cl.Cl.NC[C@H]1CC[C@@H](C(=O)NC2CC3CCC(C2)N3Cc2ccccc2)O1. The van der Waals surface area contributed by atoms with Gasteiger partial charge in [-0.3, -0.25) is 9.69 Å². The molecule has 3 aliphatic heterocycles. The average Bonchev–Trinajstić information content (AvgIpc) is 3.19. The number of benzene rings is 1. The monoisotopic (exact) mass is 415 g/mol. The van der Waals surface area contributed by atoms with Crippen LogP contribution in [0.25, 0.3) is 0 Å². The maximum atomic E-state index is 12.5. The van der Waals surface area contributed by atoms with Gasteiger partial charge in [-0.1, -0.05) is 30.3 Å². The number of amides is 1. The first kappa shape index (κ1) is 22.4. The Hall–Kier alpha value is -0.850. The van der Waals surface area contributed by atoms with E-state index in [9.17, 15) is 4.79 Å². The Labute approximate surface area is 174 Å². The van der Waals surface area contributed by atoms with E-state index in [4.69, 9.17) is 10.5 Å². The minimum Gasteiger partial charge on any atom is -0.364 e. The van der Waals surface area contributed by atoms with E-state index in [2.05, 4.69) is 40.5 Å². The average molecular weight is 416 g/mol. The van der Waals surface area contributed by atoms with E-state index in [1.165, 1.54) is 18.4 Å². The van der Waals surface area contributed by atoms with E-state index in [1.54, 1.807) is 0 Å². The summed E-state index contributed by atoms with van der Waals surface area (Å²) < 4.78 is 5.74. The molecule has 3 aliphatic rings. The molecule has 0 aromatic heterocycles. The van der Waals surface area contributed by atoms with Crippen molar-refractivity contribution in [3.63, 3.8) is 0 Å². The minimum atomic E-state index is -0.298. The highest BCUT2D eigenvalue weighted by Crippen LogP contribution is 2.37. The van der Waals surface area contributed by atoms with Gasteiger partial charge in [0.2, 0.25) is 5.91 Å². The Morgan fingerprint density at radius 2 is 1.74 bits per heavy atom. The van der Waals surface area contributed by atoms with Crippen molar-refractivity contribution < 1.29 is 9.53 Å². The maximum Gasteiger partial charge on any atom is 0.249 e. The van der Waals surface area contributed by atoms with E-state index in [-0.39, 0.29) is 49.0 Å². The van der Waals surface area contributed by atoms with Crippen LogP contribution >= 0.6 is 24.8 Å². The second-order valence-electron chi connectivity index (χ2n) is 7.78. The molecule has 1 aromatic carbocycles. The summed E-state index contributed by atoms with van der Waals surface area (Å²) in [5, 5.41) is 3.26. The molecule has 0 aliphatic carbocycles. The van der Waals surface area contributed by atoms with Crippen LogP contribution in [-0.4, -0.2) is 47.7 Å². The first-order valence-electron chi connectivity index (χ1n) is 9.68. The van der Waals surface area contributed by atoms with Crippen LogP contribution in [0.15, 0.2) is 30.3 Å². The molecule has 3 heterocycles. The number of nitrogens with two attached hydrogens (primary N) is 1. The first-order valence-corrected chi connectivity index (χ1v) is 9.68. The predicted molar refractivity (Wildman–Crippen MR) is 111 cm³/mol. The third-order valence-electron chi connectivity index (χ3n) is 6.10. The van der Waals surface area contributed by atoms with Gasteiger partial charge in [0.05, 0.1) is 6.10 Å². The molecule has 3 N–H and O–H groups in total. The number of rotatable bonds is 5. The Bertz CT molecular complexity index is 590. The second-order valence-corrected chi connectivity index (χ2v) is 7.78. The Kier molecular flexibility index (Phi) is 8.38. The van der Waals surface area contributed by atoms with Gasteiger partial charge < -0.3 is 15.8 Å². The molecule has 0 radical (unpaired) electrons. The Morgan fingerprint density at radius 3 is 2.33 bits per heavy atom. The standard InChI is InChI=1S/C20H29N3O2.2ClH/c21-12-18-8-9-19(25-18)20(24)22-15-10-16-6-7-17(11-15)23(16)13-14-4-2-1-3-5-14;;/h1-5,15-19H,6-13,21H2,(H,22,24);2*1H/t15?,16?,17?,18-,19+;;/m1../s1. The van der Waals surface area contributed by atoms with E-state index in [1.807, 2.05) is 0 Å². The van der Waals surface area contributed by atoms with Crippen molar-refractivity contribution in [2.24, 2.45) is 5.73 Å². The molecule has 0 spiro atoms. The summed E-state index contributed by atoms with van der Waals surface area (Å²) in [6.07, 6.45) is 6.07. The Balaban J connectivity index is 0.00000131. The van der Waals surface area contributed by atoms with Crippen LogP contribution in [0.1, 0.15) is 44.1 Å². The normalized spacial score (nSPS) is 32.4. The second kappa shape index (κ2) is 10.1. The minimum absolute atomic E-state index is 0. The molecule has 4 atom stereocenters. The number of hydrogen-bond donors (Lipinski definition) is 2. The lowest BCUT2D eigenvalue weighted by Gasteiger charge is -2.39. The lowest BCUT2D eigenvalue weighted by atomic mass is 9.96. The van der Waals surface area contributed by atoms with E-state index in [0.717, 1.165) is 32.2 Å². The van der Waals surface area contributed by atoms with Gasteiger partial charge in [0, 0.05) is 31.2 Å². The van der Waals surface area contributed by atoms with Gasteiger partial charge in [0.25, 0.3) is 0 Å². The highest BCUT2D eigenvalue weighted by Gasteiger charge is 2.41. The van der Waals surface area contributed by atoms with Crippen LogP contribution in [0.5, 0.6) is 0 Å². The molecular formula is C20H31Cl2N3O2. The van der Waals surface area contributed by atoms with Crippen molar-refractivity contribution in [1.29, 1.82) is 0 Å². The molecule has 2 unspecified atom stereocenters. The molecular weight excluding hydrogens is 385 g/mol. The quantitative estimate of drug-likeness (QED) is 0.775. The number of halogens is 2. The molecule has 3 saturated heterocycles. The number of carbonyl (C=O) groups is 1. The zero-order valence-corrected chi connectivity index (χ0v) is 17.2. The molecule has 152 valence electrons. The lowest BCUT2D eigenvalue weighted by molar-refractivity contribution is -0.133. The van der Waals surface area contributed by atoms with Crippen molar-refractivity contribution in [1.82, 2.24) is 10.2 Å². The van der Waals surface area contributed by atoms with Gasteiger partial charge in [0.1, 0.15) is 6.10 Å². The first-order chi connectivity index (χ1) is 12.2. The van der Waals surface area contributed by atoms with E-state index >= 15 is 0 Å². The summed E-state index contributed by atoms with van der Waals surface area (Å²) in [6.45, 7) is 1.53. The largest absolute Gasteiger partial charge is 0.364 e. The molecule has 2 bridgehead atoms. The highest BCUT2D eigenvalue weighted by molar-refractivity contribution is 5.85. The fourth-order valence-corrected chi connectivity index (χ4v) is 4.81. The third kappa shape index (κ3) is 5.15. The molecule has 1 aromatic rings. The van der Waals surface area contributed by atoms with Crippen LogP contribution in [0.3, 0.4) is 0 Å². The molecule has 5 nitrogen and oxygen atoms in total. The van der Waals surface area contributed by atoms with Crippen LogP contribution in [0.2, 0.25) is 0 Å². The summed E-state index contributed by atoms with van der Waals surface area (Å²) in [4.78, 5) is 15.1. The van der Waals surface area contributed by atoms with Gasteiger partial charge in [-0.25, -0.2) is 0 Å². The predicted octanol–water partition coefficient (Wildman–Crippen LogP) is 2.65. The number of nitrogens with zero attached hydrogens (tertiary/aromatic N) is 1. The van der Waals surface area contributed by atoms with Gasteiger partial charge in [-0.05, 0) is 44.1 Å². The molecule has 0 saturated carbocycles. The summed E-state index contributed by atoms with van der Waals surface area (Å²) in [7, 11) is 0. The number of carbonyl (C=O) groups excluding carboxylic acids is 1. The van der Waals surface area contributed by atoms with Crippen LogP contribution < -0.4 is 11.1 Å². The maximum absolute atomic E-state index is 12.5. The van der Waals surface area contributed by atoms with Gasteiger partial charge in [-0.15, -0.1) is 24.8 Å². The number of hydrogen-bond acceptors (Lipinski definition) is 4. The summed E-state index contributed by atoms with van der Waals surface area (Å²) in [6, 6.07) is 12.2. The third-order valence-corrected chi connectivity index (χ3v) is 6.10. The topological polar surface area (TPSA) is 67.6 Å². The number of fused-ring (bicyclic) bond motifs is 2. The fourth-order valence-electron chi connectivity index (χ4n) is 4.81. The van der Waals surface area contributed by atoms with Crippen LogP contribution in [0, 0.1) is 0 Å². The van der Waals surface area contributed by atoms with Gasteiger partial charge in [0.15, 0.2) is 0 Å². The van der Waals surface area contributed by atoms with Crippen molar-refractivity contribution in [2.75, 3.05) is 6.54 Å². The number of ether oxygens (including phenoxy) is 1. The zero-order chi connectivity index (χ0) is 17.2. The van der Waals surface area contributed by atoms with E-state index in [0.29, 0.717) is 18.6 Å². The molecule has 1 amide bonds. The Morgan fingerprint density at radius 1 is 1.07 bits per heavy atom. The van der Waals surface area contributed by atoms with E-state index < -0.39 is 0 Å². The molecule has 7 heteroatoms. The van der Waals surface area contributed by atoms with Crippen molar-refractivity contribution in [3.05, 3.63) is 35.9 Å². The van der Waals surface area contributed by atoms with Crippen molar-refractivity contribution in [2.45, 2.75) is 75.4 Å². The molecule has 3 fully saturated rings. The van der Waals surface area contributed by atoms with Crippen LogP contribution in [-0.2, 0) is 16.1 Å². The fraction of sp³-hybridized carbons (Fsp3) is 0.650. The van der Waals surface area contributed by atoms with Gasteiger partial charge in [-0.2, -0.15) is 0 Å². The summed E-state index contributed by atoms with van der Waals surface area (Å²) >= 11 is 0. The number of piperidine rings is 1.